The maximum absolute atomic E-state index is 12.4. The van der Waals surface area contributed by atoms with Gasteiger partial charge in [0.05, 0.1) is 16.7 Å². The van der Waals surface area contributed by atoms with E-state index in [4.69, 9.17) is 4.74 Å². The molecular weight excluding hydrogens is 308 g/mol. The summed E-state index contributed by atoms with van der Waals surface area (Å²) in [4.78, 5) is 26.0. The molecule has 2 amide bonds. The molecule has 0 radical (unpaired) electrons. The van der Waals surface area contributed by atoms with Crippen molar-refractivity contribution >= 4 is 11.8 Å². The van der Waals surface area contributed by atoms with Gasteiger partial charge in [-0.2, -0.15) is 0 Å². The zero-order chi connectivity index (χ0) is 17.5. The second-order valence-electron chi connectivity index (χ2n) is 7.56. The van der Waals surface area contributed by atoms with Crippen molar-refractivity contribution in [3.8, 4) is 0 Å². The average Bonchev–Trinajstić information content (AvgIpc) is 3.19. The van der Waals surface area contributed by atoms with Crippen molar-refractivity contribution in [3.63, 3.8) is 0 Å². The fourth-order valence-corrected chi connectivity index (χ4v) is 3.01. The summed E-state index contributed by atoms with van der Waals surface area (Å²) in [5.74, 6) is -0.476. The molecule has 130 valence electrons. The van der Waals surface area contributed by atoms with Crippen LogP contribution in [0.1, 0.15) is 60.7 Å². The normalized spacial score (nSPS) is 20.2. The van der Waals surface area contributed by atoms with E-state index in [1.165, 1.54) is 4.90 Å². The maximum Gasteiger partial charge on any atom is 0.261 e. The van der Waals surface area contributed by atoms with Gasteiger partial charge >= 0.3 is 0 Å². The van der Waals surface area contributed by atoms with Crippen LogP contribution in [0.25, 0.3) is 0 Å². The zero-order valence-electron chi connectivity index (χ0n) is 14.3. The monoisotopic (exact) mass is 332 g/mol. The highest BCUT2D eigenvalue weighted by Crippen LogP contribution is 2.40. The summed E-state index contributed by atoms with van der Waals surface area (Å²) < 4.78 is 5.48. The average molecular weight is 332 g/mol. The predicted octanol–water partition coefficient (Wildman–Crippen LogP) is 1.89. The van der Waals surface area contributed by atoms with Gasteiger partial charge < -0.3 is 9.84 Å². The highest BCUT2D eigenvalue weighted by Gasteiger charge is 2.46. The van der Waals surface area contributed by atoms with Crippen molar-refractivity contribution in [3.05, 3.63) is 35.4 Å². The number of ether oxygens (including phenoxy) is 1. The molecule has 1 aliphatic heterocycles. The number of fused-ring (bicyclic) bond motifs is 1. The van der Waals surface area contributed by atoms with Crippen molar-refractivity contribution in [2.45, 2.75) is 57.6 Å². The van der Waals surface area contributed by atoms with Gasteiger partial charge in [-0.15, -0.1) is 0 Å². The second kappa shape index (κ2) is 5.95. The molecule has 24 heavy (non-hydrogen) atoms. The quantitative estimate of drug-likeness (QED) is 0.614. The number of hydrogen-bond acceptors (Lipinski definition) is 5. The second-order valence-corrected chi connectivity index (χ2v) is 7.56. The van der Waals surface area contributed by atoms with Crippen LogP contribution in [0, 0.1) is 0 Å². The van der Waals surface area contributed by atoms with Gasteiger partial charge in [0.25, 0.3) is 11.8 Å². The van der Waals surface area contributed by atoms with Crippen molar-refractivity contribution in [2.24, 2.45) is 0 Å². The Kier molecular flexibility index (Phi) is 4.23. The van der Waals surface area contributed by atoms with Gasteiger partial charge in [0.1, 0.15) is 0 Å². The van der Waals surface area contributed by atoms with Crippen LogP contribution in [0.2, 0.25) is 0 Å². The molecule has 1 aliphatic carbocycles. The number of nitrogens with zero attached hydrogens (tertiary/aromatic N) is 1. The minimum Gasteiger partial charge on any atom is -0.356 e. The SMILES string of the molecule is CC(C)(C)OC(O)NC1(CCN2C(=O)c3ccccc3C2=O)CC1. The topological polar surface area (TPSA) is 78.9 Å². The van der Waals surface area contributed by atoms with Crippen LogP contribution in [-0.4, -0.2) is 45.9 Å². The Morgan fingerprint density at radius 1 is 1.21 bits per heavy atom. The third-order valence-corrected chi connectivity index (χ3v) is 4.44. The molecule has 1 aromatic rings. The van der Waals surface area contributed by atoms with E-state index in [9.17, 15) is 14.7 Å². The molecule has 1 atom stereocenters. The fraction of sp³-hybridized carbons (Fsp3) is 0.556. The standard InChI is InChI=1S/C18H24N2O4/c1-17(2,3)24-16(23)19-18(8-9-18)10-11-20-14(21)12-6-4-5-7-13(12)15(20)22/h4-7,16,19,23H,8-11H2,1-3H3. The lowest BCUT2D eigenvalue weighted by molar-refractivity contribution is -0.187. The summed E-state index contributed by atoms with van der Waals surface area (Å²) in [6, 6.07) is 6.89. The molecule has 2 aliphatic rings. The first-order chi connectivity index (χ1) is 11.2. The number of benzene rings is 1. The van der Waals surface area contributed by atoms with E-state index < -0.39 is 12.0 Å². The molecule has 2 N–H and O–H groups in total. The molecular formula is C18H24N2O4. The highest BCUT2D eigenvalue weighted by molar-refractivity contribution is 6.21. The van der Waals surface area contributed by atoms with Crippen molar-refractivity contribution in [1.82, 2.24) is 10.2 Å². The van der Waals surface area contributed by atoms with Crippen LogP contribution >= 0.6 is 0 Å². The third kappa shape index (κ3) is 3.50. The summed E-state index contributed by atoms with van der Waals surface area (Å²) in [7, 11) is 0. The molecule has 0 bridgehead atoms. The Morgan fingerprint density at radius 2 is 1.75 bits per heavy atom. The summed E-state index contributed by atoms with van der Waals surface area (Å²) in [6.07, 6.45) is 1.32. The molecule has 1 aromatic carbocycles. The van der Waals surface area contributed by atoms with Gasteiger partial charge in [0.15, 0.2) is 0 Å². The number of amides is 2. The Hall–Kier alpha value is -1.76. The Morgan fingerprint density at radius 3 is 2.21 bits per heavy atom. The predicted molar refractivity (Wildman–Crippen MR) is 88.4 cm³/mol. The Labute approximate surface area is 141 Å². The highest BCUT2D eigenvalue weighted by atomic mass is 16.6. The molecule has 0 saturated heterocycles. The molecule has 1 heterocycles. The lowest BCUT2D eigenvalue weighted by Crippen LogP contribution is -2.46. The number of carbonyl (C=O) groups excluding carboxylic acids is 2. The number of rotatable bonds is 6. The van der Waals surface area contributed by atoms with E-state index in [1.54, 1.807) is 24.3 Å². The number of hydrogen-bond donors (Lipinski definition) is 2. The molecule has 0 spiro atoms. The fourth-order valence-electron chi connectivity index (χ4n) is 3.01. The minimum atomic E-state index is -1.06. The van der Waals surface area contributed by atoms with Gasteiger partial charge in [-0.1, -0.05) is 12.1 Å². The lowest BCUT2D eigenvalue weighted by Gasteiger charge is -2.28. The zero-order valence-corrected chi connectivity index (χ0v) is 14.3. The molecule has 3 rings (SSSR count). The number of nitrogens with one attached hydrogen (secondary N) is 1. The smallest absolute Gasteiger partial charge is 0.261 e. The largest absolute Gasteiger partial charge is 0.356 e. The number of aliphatic hydroxyl groups is 1. The van der Waals surface area contributed by atoms with Crippen LogP contribution in [0.15, 0.2) is 24.3 Å². The van der Waals surface area contributed by atoms with Gasteiger partial charge in [-0.25, -0.2) is 0 Å². The van der Waals surface area contributed by atoms with Gasteiger partial charge in [-0.05, 0) is 52.2 Å². The van der Waals surface area contributed by atoms with E-state index in [1.807, 2.05) is 20.8 Å². The van der Waals surface area contributed by atoms with E-state index in [-0.39, 0.29) is 17.4 Å². The lowest BCUT2D eigenvalue weighted by atomic mass is 10.1. The van der Waals surface area contributed by atoms with Crippen molar-refractivity contribution in [1.29, 1.82) is 0 Å². The van der Waals surface area contributed by atoms with Crippen LogP contribution in [-0.2, 0) is 4.74 Å². The van der Waals surface area contributed by atoms with Gasteiger partial charge in [0.2, 0.25) is 6.41 Å². The third-order valence-electron chi connectivity index (χ3n) is 4.44. The first-order valence-corrected chi connectivity index (χ1v) is 8.30. The number of aliphatic hydroxyl groups excluding tert-OH is 1. The molecule has 6 nitrogen and oxygen atoms in total. The molecule has 1 fully saturated rings. The molecule has 1 saturated carbocycles. The maximum atomic E-state index is 12.4. The summed E-state index contributed by atoms with van der Waals surface area (Å²) in [6.45, 7) is 5.95. The van der Waals surface area contributed by atoms with Crippen molar-refractivity contribution in [2.75, 3.05) is 6.54 Å². The van der Waals surface area contributed by atoms with E-state index in [0.717, 1.165) is 12.8 Å². The van der Waals surface area contributed by atoms with E-state index in [0.29, 0.717) is 24.1 Å². The first-order valence-electron chi connectivity index (χ1n) is 8.30. The van der Waals surface area contributed by atoms with E-state index >= 15 is 0 Å². The minimum absolute atomic E-state index is 0.238. The molecule has 1 unspecified atom stereocenters. The van der Waals surface area contributed by atoms with Crippen LogP contribution in [0.3, 0.4) is 0 Å². The number of imide groups is 1. The first kappa shape index (κ1) is 17.1. The van der Waals surface area contributed by atoms with Crippen LogP contribution in [0.5, 0.6) is 0 Å². The Bertz CT molecular complexity index is 626. The van der Waals surface area contributed by atoms with Gasteiger partial charge in [0, 0.05) is 12.1 Å². The van der Waals surface area contributed by atoms with Crippen molar-refractivity contribution < 1.29 is 19.4 Å². The summed E-state index contributed by atoms with van der Waals surface area (Å²) >= 11 is 0. The number of carbonyl (C=O) groups is 2. The van der Waals surface area contributed by atoms with Gasteiger partial charge in [-0.3, -0.25) is 19.8 Å². The Balaban J connectivity index is 1.59. The molecule has 0 aromatic heterocycles. The van der Waals surface area contributed by atoms with Crippen LogP contribution in [0.4, 0.5) is 0 Å². The molecule has 6 heteroatoms. The summed E-state index contributed by atoms with van der Waals surface area (Å²) in [5, 5.41) is 13.1. The summed E-state index contributed by atoms with van der Waals surface area (Å²) in [5.41, 5.74) is 0.221. The van der Waals surface area contributed by atoms with Crippen LogP contribution < -0.4 is 5.32 Å². The van der Waals surface area contributed by atoms with E-state index in [2.05, 4.69) is 5.32 Å².